The van der Waals surface area contributed by atoms with Crippen LogP contribution in [0.3, 0.4) is 0 Å². The van der Waals surface area contributed by atoms with Gasteiger partial charge < -0.3 is 14.0 Å². The molecule has 8 heteroatoms. The predicted octanol–water partition coefficient (Wildman–Crippen LogP) is 5.76. The van der Waals surface area contributed by atoms with Gasteiger partial charge in [0.25, 0.3) is 5.91 Å². The summed E-state index contributed by atoms with van der Waals surface area (Å²) in [6.07, 6.45) is 1.75. The Morgan fingerprint density at radius 1 is 0.941 bits per heavy atom. The average Bonchev–Trinajstić information content (AvgIpc) is 3.26. The Labute approximate surface area is 205 Å². The zero-order chi connectivity index (χ0) is 23.8. The van der Waals surface area contributed by atoms with Crippen LogP contribution in [-0.2, 0) is 4.74 Å². The van der Waals surface area contributed by atoms with E-state index in [-0.39, 0.29) is 21.5 Å². The molecule has 5 nitrogen and oxygen atoms in total. The second-order valence-corrected chi connectivity index (χ2v) is 8.71. The van der Waals surface area contributed by atoms with Gasteiger partial charge in [-0.05, 0) is 48.0 Å². The number of morpholine rings is 1. The molecule has 2 aromatic carbocycles. The van der Waals surface area contributed by atoms with Crippen LogP contribution >= 0.6 is 23.2 Å². The van der Waals surface area contributed by atoms with Gasteiger partial charge in [-0.2, -0.15) is 0 Å². The van der Waals surface area contributed by atoms with Crippen LogP contribution in [0.1, 0.15) is 26.4 Å². The van der Waals surface area contributed by atoms with Crippen molar-refractivity contribution in [1.29, 1.82) is 0 Å². The van der Waals surface area contributed by atoms with E-state index in [1.54, 1.807) is 39.8 Å². The highest BCUT2D eigenvalue weighted by molar-refractivity contribution is 6.41. The number of fused-ring (bicyclic) bond motifs is 1. The van der Waals surface area contributed by atoms with Crippen molar-refractivity contribution in [2.45, 2.75) is 0 Å². The number of carbonyl (C=O) groups is 2. The van der Waals surface area contributed by atoms with Gasteiger partial charge in [0, 0.05) is 30.4 Å². The molecule has 0 aliphatic carbocycles. The second-order valence-electron chi connectivity index (χ2n) is 7.93. The first kappa shape index (κ1) is 22.6. The van der Waals surface area contributed by atoms with Crippen molar-refractivity contribution < 1.29 is 18.7 Å². The molecule has 1 aliphatic rings. The van der Waals surface area contributed by atoms with Crippen LogP contribution in [0.5, 0.6) is 0 Å². The fourth-order valence-electron chi connectivity index (χ4n) is 4.16. The highest BCUT2D eigenvalue weighted by Crippen LogP contribution is 2.33. The minimum Gasteiger partial charge on any atom is -0.378 e. The monoisotopic (exact) mass is 496 g/mol. The minimum absolute atomic E-state index is 0.0390. The quantitative estimate of drug-likeness (QED) is 0.266. The number of hydrogen-bond acceptors (Lipinski definition) is 3. The summed E-state index contributed by atoms with van der Waals surface area (Å²) in [7, 11) is 0. The number of aromatic nitrogens is 1. The minimum atomic E-state index is -0.712. The predicted molar refractivity (Wildman–Crippen MR) is 129 cm³/mol. The molecule has 0 N–H and O–H groups in total. The third-order valence-corrected chi connectivity index (χ3v) is 6.61. The maximum absolute atomic E-state index is 14.1. The van der Waals surface area contributed by atoms with Gasteiger partial charge >= 0.3 is 0 Å². The third kappa shape index (κ3) is 3.98. The van der Waals surface area contributed by atoms with Crippen molar-refractivity contribution in [3.8, 4) is 11.1 Å². The van der Waals surface area contributed by atoms with E-state index < -0.39 is 11.6 Å². The molecule has 4 aromatic rings. The number of nitrogens with zero attached hydrogens (tertiary/aromatic N) is 2. The lowest BCUT2D eigenvalue weighted by molar-refractivity contribution is 0.0303. The molecule has 0 spiro atoms. The number of rotatable bonds is 4. The Bertz CT molecular complexity index is 1410. The number of benzene rings is 2. The number of carbonyl (C=O) groups excluding carboxylic acids is 2. The third-order valence-electron chi connectivity index (χ3n) is 5.92. The van der Waals surface area contributed by atoms with E-state index in [4.69, 9.17) is 27.9 Å². The van der Waals surface area contributed by atoms with Crippen LogP contribution < -0.4 is 0 Å². The number of amides is 1. The van der Waals surface area contributed by atoms with Crippen molar-refractivity contribution >= 4 is 40.4 Å². The molecule has 0 saturated carbocycles. The summed E-state index contributed by atoms with van der Waals surface area (Å²) in [5, 5.41) is -0.231. The smallest absolute Gasteiger partial charge is 0.254 e. The summed E-state index contributed by atoms with van der Waals surface area (Å²) in [6, 6.07) is 17.0. The molecule has 0 bridgehead atoms. The molecule has 1 saturated heterocycles. The number of ketones is 1. The highest BCUT2D eigenvalue weighted by atomic mass is 35.5. The Morgan fingerprint density at radius 2 is 1.68 bits per heavy atom. The Kier molecular flexibility index (Phi) is 6.13. The molecule has 1 amide bonds. The molecule has 0 radical (unpaired) electrons. The molecule has 1 fully saturated rings. The lowest BCUT2D eigenvalue weighted by atomic mass is 10.0. The number of hydrogen-bond donors (Lipinski definition) is 0. The lowest BCUT2D eigenvalue weighted by Gasteiger charge is -2.26. The van der Waals surface area contributed by atoms with Crippen LogP contribution in [-0.4, -0.2) is 47.3 Å². The van der Waals surface area contributed by atoms with E-state index in [0.29, 0.717) is 37.6 Å². The first-order valence-electron chi connectivity index (χ1n) is 10.7. The van der Waals surface area contributed by atoms with Crippen molar-refractivity contribution in [3.63, 3.8) is 0 Å². The Balaban J connectivity index is 1.54. The molecule has 0 atom stereocenters. The number of ether oxygens (including phenoxy) is 1. The SMILES string of the molecule is O=C(c1c(Cl)ccc(F)c1Cl)c1cc(-c2ccc(C(=O)N3CCOCC3)cc2)c2ccccn12. The van der Waals surface area contributed by atoms with Gasteiger partial charge in [0.1, 0.15) is 5.82 Å². The first-order valence-corrected chi connectivity index (χ1v) is 11.5. The first-order chi connectivity index (χ1) is 16.5. The maximum Gasteiger partial charge on any atom is 0.254 e. The van der Waals surface area contributed by atoms with E-state index in [2.05, 4.69) is 0 Å². The van der Waals surface area contributed by atoms with Crippen molar-refractivity contribution in [2.75, 3.05) is 26.3 Å². The van der Waals surface area contributed by atoms with Gasteiger partial charge in [0.05, 0.1) is 40.0 Å². The van der Waals surface area contributed by atoms with Crippen LogP contribution in [0, 0.1) is 5.82 Å². The van der Waals surface area contributed by atoms with E-state index in [1.165, 1.54) is 6.07 Å². The molecule has 172 valence electrons. The largest absolute Gasteiger partial charge is 0.378 e. The zero-order valence-electron chi connectivity index (χ0n) is 17.9. The fourth-order valence-corrected chi connectivity index (χ4v) is 4.71. The van der Waals surface area contributed by atoms with Gasteiger partial charge in [-0.25, -0.2) is 4.39 Å². The van der Waals surface area contributed by atoms with Gasteiger partial charge in [0.2, 0.25) is 5.78 Å². The Morgan fingerprint density at radius 3 is 2.41 bits per heavy atom. The molecule has 34 heavy (non-hydrogen) atoms. The molecular formula is C26H19Cl2FN2O3. The van der Waals surface area contributed by atoms with E-state index in [9.17, 15) is 14.0 Å². The number of halogens is 3. The molecule has 0 unspecified atom stereocenters. The molecule has 3 heterocycles. The topological polar surface area (TPSA) is 51.0 Å². The molecular weight excluding hydrogens is 478 g/mol. The van der Waals surface area contributed by atoms with Crippen molar-refractivity contribution in [2.24, 2.45) is 0 Å². The number of pyridine rings is 1. The van der Waals surface area contributed by atoms with Crippen molar-refractivity contribution in [1.82, 2.24) is 9.30 Å². The summed E-state index contributed by atoms with van der Waals surface area (Å²) in [6.45, 7) is 2.22. The average molecular weight is 497 g/mol. The van der Waals surface area contributed by atoms with Gasteiger partial charge in [0.15, 0.2) is 0 Å². The second kappa shape index (κ2) is 9.22. The van der Waals surface area contributed by atoms with E-state index in [1.807, 2.05) is 24.3 Å². The van der Waals surface area contributed by atoms with Gasteiger partial charge in [-0.1, -0.05) is 41.4 Å². The van der Waals surface area contributed by atoms with Crippen LogP contribution in [0.15, 0.2) is 66.9 Å². The van der Waals surface area contributed by atoms with Gasteiger partial charge in [-0.15, -0.1) is 0 Å². The summed E-state index contributed by atoms with van der Waals surface area (Å²) in [5.41, 5.74) is 3.21. The summed E-state index contributed by atoms with van der Waals surface area (Å²) in [5.74, 6) is -1.24. The summed E-state index contributed by atoms with van der Waals surface area (Å²) in [4.78, 5) is 27.9. The Hall–Kier alpha value is -3.19. The fraction of sp³-hybridized carbons (Fsp3) is 0.154. The molecule has 1 aliphatic heterocycles. The lowest BCUT2D eigenvalue weighted by Crippen LogP contribution is -2.40. The van der Waals surface area contributed by atoms with E-state index in [0.717, 1.165) is 22.7 Å². The maximum atomic E-state index is 14.1. The van der Waals surface area contributed by atoms with Crippen LogP contribution in [0.4, 0.5) is 4.39 Å². The summed E-state index contributed by atoms with van der Waals surface area (Å²) < 4.78 is 21.1. The normalized spacial score (nSPS) is 13.9. The molecule has 2 aromatic heterocycles. The molecule has 5 rings (SSSR count). The van der Waals surface area contributed by atoms with E-state index >= 15 is 0 Å². The summed E-state index contributed by atoms with van der Waals surface area (Å²) >= 11 is 12.3. The standard InChI is InChI=1S/C26H19Cl2FN2O3/c27-19-8-9-20(29)24(28)23(19)25(32)22-15-18(21-3-1-2-10-31(21)22)16-4-6-17(7-5-16)26(33)30-11-13-34-14-12-30/h1-10,15H,11-14H2. The van der Waals surface area contributed by atoms with Crippen LogP contribution in [0.2, 0.25) is 10.0 Å². The highest BCUT2D eigenvalue weighted by Gasteiger charge is 2.24. The zero-order valence-corrected chi connectivity index (χ0v) is 19.4. The van der Waals surface area contributed by atoms with Crippen molar-refractivity contribution in [3.05, 3.63) is 99.5 Å². The van der Waals surface area contributed by atoms with Gasteiger partial charge in [-0.3, -0.25) is 9.59 Å². The van der Waals surface area contributed by atoms with Crippen LogP contribution in [0.25, 0.3) is 16.6 Å².